The Morgan fingerprint density at radius 1 is 1.80 bits per heavy atom. The molecule has 1 rings (SSSR count). The first-order valence-electron chi connectivity index (χ1n) is 3.39. The molecule has 0 bridgehead atoms. The Bertz CT molecular complexity index is 174. The first-order valence-corrected chi connectivity index (χ1v) is 4.27. The van der Waals surface area contributed by atoms with Crippen LogP contribution in [0, 0.1) is 0 Å². The Kier molecular flexibility index (Phi) is 2.81. The zero-order valence-corrected chi connectivity index (χ0v) is 7.02. The Labute approximate surface area is 65.0 Å². The lowest BCUT2D eigenvalue weighted by atomic mass is 10.4. The Hall–Kier alpha value is -0.440. The van der Waals surface area contributed by atoms with E-state index in [9.17, 15) is 0 Å². The molecule has 1 heterocycles. The zero-order valence-electron chi connectivity index (χ0n) is 6.20. The fourth-order valence-corrected chi connectivity index (χ4v) is 1.27. The van der Waals surface area contributed by atoms with Crippen LogP contribution in [0.25, 0.3) is 0 Å². The third kappa shape index (κ3) is 2.06. The van der Waals surface area contributed by atoms with Crippen molar-refractivity contribution in [3.8, 4) is 0 Å². The van der Waals surface area contributed by atoms with Gasteiger partial charge in [-0.25, -0.2) is 4.98 Å². The average molecular weight is 157 g/mol. The summed E-state index contributed by atoms with van der Waals surface area (Å²) in [5.74, 6) is 0. The lowest BCUT2D eigenvalue weighted by Gasteiger charge is -2.01. The van der Waals surface area contributed by atoms with Crippen molar-refractivity contribution >= 4 is 11.8 Å². The standard InChI is InChI=1S/C7H11NOS/c1-3-6(2)10-7-8-4-5-9-7/h4-6H,3H2,1-2H3. The molecule has 0 aliphatic rings. The summed E-state index contributed by atoms with van der Waals surface area (Å²) < 4.78 is 5.06. The Morgan fingerprint density at radius 2 is 2.60 bits per heavy atom. The van der Waals surface area contributed by atoms with Gasteiger partial charge in [-0.1, -0.05) is 25.6 Å². The molecule has 1 unspecified atom stereocenters. The minimum atomic E-state index is 0.596. The number of thioether (sulfide) groups is 1. The number of hydrogen-bond acceptors (Lipinski definition) is 3. The van der Waals surface area contributed by atoms with Crippen LogP contribution in [0.15, 0.2) is 22.1 Å². The molecule has 0 N–H and O–H groups in total. The molecule has 0 aromatic carbocycles. The molecule has 0 radical (unpaired) electrons. The van der Waals surface area contributed by atoms with E-state index in [1.165, 1.54) is 0 Å². The molecule has 0 amide bonds. The van der Waals surface area contributed by atoms with Crippen molar-refractivity contribution in [2.45, 2.75) is 30.7 Å². The zero-order chi connectivity index (χ0) is 7.40. The summed E-state index contributed by atoms with van der Waals surface area (Å²) in [6.07, 6.45) is 4.42. The summed E-state index contributed by atoms with van der Waals surface area (Å²) in [6.45, 7) is 4.31. The molecule has 0 fully saturated rings. The second-order valence-corrected chi connectivity index (χ2v) is 3.52. The number of rotatable bonds is 3. The maximum Gasteiger partial charge on any atom is 0.255 e. The van der Waals surface area contributed by atoms with Crippen LogP contribution < -0.4 is 0 Å². The number of nitrogens with zero attached hydrogens (tertiary/aromatic N) is 1. The van der Waals surface area contributed by atoms with Gasteiger partial charge in [0.05, 0.1) is 6.20 Å². The molecule has 56 valence electrons. The SMILES string of the molecule is CCC(C)Sc1ncco1. The summed E-state index contributed by atoms with van der Waals surface area (Å²) in [5.41, 5.74) is 0. The van der Waals surface area contributed by atoms with E-state index in [2.05, 4.69) is 18.8 Å². The van der Waals surface area contributed by atoms with E-state index in [-0.39, 0.29) is 0 Å². The van der Waals surface area contributed by atoms with Crippen molar-refractivity contribution < 1.29 is 4.42 Å². The molecular weight excluding hydrogens is 146 g/mol. The molecule has 10 heavy (non-hydrogen) atoms. The summed E-state index contributed by atoms with van der Waals surface area (Å²) in [5, 5.41) is 1.37. The molecule has 1 aromatic heterocycles. The molecule has 0 spiro atoms. The highest BCUT2D eigenvalue weighted by molar-refractivity contribution is 7.99. The molecule has 0 saturated heterocycles. The number of aromatic nitrogens is 1. The van der Waals surface area contributed by atoms with Crippen molar-refractivity contribution in [2.24, 2.45) is 0 Å². The van der Waals surface area contributed by atoms with Gasteiger partial charge in [0.25, 0.3) is 5.22 Å². The van der Waals surface area contributed by atoms with Crippen LogP contribution in [-0.4, -0.2) is 10.2 Å². The van der Waals surface area contributed by atoms with Crippen LogP contribution in [-0.2, 0) is 0 Å². The highest BCUT2D eigenvalue weighted by Crippen LogP contribution is 2.22. The van der Waals surface area contributed by atoms with Gasteiger partial charge in [0.15, 0.2) is 0 Å². The van der Waals surface area contributed by atoms with Crippen LogP contribution in [0.5, 0.6) is 0 Å². The second kappa shape index (κ2) is 3.66. The molecule has 1 atom stereocenters. The van der Waals surface area contributed by atoms with Crippen molar-refractivity contribution in [3.05, 3.63) is 12.5 Å². The van der Waals surface area contributed by atoms with Crippen molar-refractivity contribution in [1.29, 1.82) is 0 Å². The highest BCUT2D eigenvalue weighted by atomic mass is 32.2. The fraction of sp³-hybridized carbons (Fsp3) is 0.571. The molecule has 2 nitrogen and oxygen atoms in total. The van der Waals surface area contributed by atoms with Gasteiger partial charge in [0.1, 0.15) is 6.26 Å². The molecule has 0 saturated carbocycles. The van der Waals surface area contributed by atoms with E-state index in [0.717, 1.165) is 11.6 Å². The highest BCUT2D eigenvalue weighted by Gasteiger charge is 2.03. The quantitative estimate of drug-likeness (QED) is 0.631. The lowest BCUT2D eigenvalue weighted by Crippen LogP contribution is -1.91. The topological polar surface area (TPSA) is 26.0 Å². The van der Waals surface area contributed by atoms with Gasteiger partial charge in [-0.05, 0) is 6.42 Å². The smallest absolute Gasteiger partial charge is 0.255 e. The summed E-state index contributed by atoms with van der Waals surface area (Å²) in [6, 6.07) is 0. The van der Waals surface area contributed by atoms with Crippen LogP contribution in [0.2, 0.25) is 0 Å². The van der Waals surface area contributed by atoms with Gasteiger partial charge < -0.3 is 4.42 Å². The van der Waals surface area contributed by atoms with Gasteiger partial charge in [0, 0.05) is 5.25 Å². The number of hydrogen-bond donors (Lipinski definition) is 0. The second-order valence-electron chi connectivity index (χ2n) is 2.13. The molecule has 0 aliphatic carbocycles. The normalized spacial score (nSPS) is 13.4. The van der Waals surface area contributed by atoms with E-state index < -0.39 is 0 Å². The van der Waals surface area contributed by atoms with Crippen LogP contribution in [0.3, 0.4) is 0 Å². The first kappa shape index (κ1) is 7.66. The predicted molar refractivity (Wildman–Crippen MR) is 42.1 cm³/mol. The average Bonchev–Trinajstić information content (AvgIpc) is 2.40. The fourth-order valence-electron chi connectivity index (χ4n) is 0.524. The molecule has 3 heteroatoms. The van der Waals surface area contributed by atoms with Crippen LogP contribution in [0.4, 0.5) is 0 Å². The van der Waals surface area contributed by atoms with Crippen LogP contribution in [0.1, 0.15) is 20.3 Å². The largest absolute Gasteiger partial charge is 0.440 e. The third-order valence-electron chi connectivity index (χ3n) is 1.29. The van der Waals surface area contributed by atoms with Gasteiger partial charge in [-0.2, -0.15) is 0 Å². The molecular formula is C7H11NOS. The lowest BCUT2D eigenvalue weighted by molar-refractivity contribution is 0.453. The summed E-state index contributed by atoms with van der Waals surface area (Å²) in [4.78, 5) is 4.00. The van der Waals surface area contributed by atoms with Crippen molar-refractivity contribution in [2.75, 3.05) is 0 Å². The maximum atomic E-state index is 5.06. The van der Waals surface area contributed by atoms with E-state index in [4.69, 9.17) is 4.42 Å². The Morgan fingerprint density at radius 3 is 3.10 bits per heavy atom. The Balaban J connectivity index is 2.40. The van der Waals surface area contributed by atoms with Crippen molar-refractivity contribution in [1.82, 2.24) is 4.98 Å². The van der Waals surface area contributed by atoms with E-state index in [1.807, 2.05) is 0 Å². The van der Waals surface area contributed by atoms with Gasteiger partial charge in [-0.15, -0.1) is 0 Å². The van der Waals surface area contributed by atoms with E-state index in [1.54, 1.807) is 24.2 Å². The minimum absolute atomic E-state index is 0.596. The summed E-state index contributed by atoms with van der Waals surface area (Å²) >= 11 is 1.67. The van der Waals surface area contributed by atoms with E-state index >= 15 is 0 Å². The monoisotopic (exact) mass is 157 g/mol. The van der Waals surface area contributed by atoms with Gasteiger partial charge in [0.2, 0.25) is 0 Å². The van der Waals surface area contributed by atoms with Gasteiger partial charge in [-0.3, -0.25) is 0 Å². The van der Waals surface area contributed by atoms with Crippen LogP contribution >= 0.6 is 11.8 Å². The predicted octanol–water partition coefficient (Wildman–Crippen LogP) is 2.57. The maximum absolute atomic E-state index is 5.06. The first-order chi connectivity index (χ1) is 4.83. The minimum Gasteiger partial charge on any atom is -0.440 e. The van der Waals surface area contributed by atoms with Gasteiger partial charge >= 0.3 is 0 Å². The summed E-state index contributed by atoms with van der Waals surface area (Å²) in [7, 11) is 0. The third-order valence-corrected chi connectivity index (χ3v) is 2.43. The van der Waals surface area contributed by atoms with E-state index in [0.29, 0.717) is 5.25 Å². The number of oxazole rings is 1. The van der Waals surface area contributed by atoms with Crippen molar-refractivity contribution in [3.63, 3.8) is 0 Å². The molecule has 0 aliphatic heterocycles. The molecule has 1 aromatic rings.